The fourth-order valence-corrected chi connectivity index (χ4v) is 1.31. The van der Waals surface area contributed by atoms with Crippen LogP contribution in [0.4, 0.5) is 4.39 Å². The SMILES string of the molecule is O=Cc1nccn1Cc1cncc(F)c1. The summed E-state index contributed by atoms with van der Waals surface area (Å²) < 4.78 is 14.4. The molecule has 0 atom stereocenters. The van der Waals surface area contributed by atoms with E-state index in [0.29, 0.717) is 24.2 Å². The Morgan fingerprint density at radius 3 is 3.07 bits per heavy atom. The molecule has 0 radical (unpaired) electrons. The van der Waals surface area contributed by atoms with Gasteiger partial charge in [-0.3, -0.25) is 9.78 Å². The molecule has 0 saturated carbocycles. The van der Waals surface area contributed by atoms with Crippen LogP contribution in [0.3, 0.4) is 0 Å². The second-order valence-electron chi connectivity index (χ2n) is 3.04. The molecule has 0 saturated heterocycles. The van der Waals surface area contributed by atoms with E-state index in [-0.39, 0.29) is 5.82 Å². The largest absolute Gasteiger partial charge is 0.324 e. The maximum Gasteiger partial charge on any atom is 0.185 e. The van der Waals surface area contributed by atoms with Crippen LogP contribution < -0.4 is 0 Å². The van der Waals surface area contributed by atoms with Gasteiger partial charge in [0.2, 0.25) is 0 Å². The number of carbonyl (C=O) groups excluding carboxylic acids is 1. The number of rotatable bonds is 3. The summed E-state index contributed by atoms with van der Waals surface area (Å²) >= 11 is 0. The monoisotopic (exact) mass is 205 g/mol. The third-order valence-electron chi connectivity index (χ3n) is 1.97. The second-order valence-corrected chi connectivity index (χ2v) is 3.04. The molecule has 0 bridgehead atoms. The molecule has 76 valence electrons. The van der Waals surface area contributed by atoms with Crippen LogP contribution in [0.5, 0.6) is 0 Å². The van der Waals surface area contributed by atoms with Crippen molar-refractivity contribution in [1.82, 2.24) is 14.5 Å². The first-order valence-electron chi connectivity index (χ1n) is 4.35. The molecule has 2 aromatic heterocycles. The molecule has 0 amide bonds. The Morgan fingerprint density at radius 1 is 1.47 bits per heavy atom. The van der Waals surface area contributed by atoms with E-state index in [9.17, 15) is 9.18 Å². The number of hydrogen-bond donors (Lipinski definition) is 0. The predicted octanol–water partition coefficient (Wildman–Crippen LogP) is 1.28. The highest BCUT2D eigenvalue weighted by Gasteiger charge is 2.02. The molecule has 2 rings (SSSR count). The molecular formula is C10H8FN3O. The predicted molar refractivity (Wildman–Crippen MR) is 50.9 cm³/mol. The fraction of sp³-hybridized carbons (Fsp3) is 0.100. The maximum atomic E-state index is 12.8. The lowest BCUT2D eigenvalue weighted by molar-refractivity contribution is 0.111. The molecule has 15 heavy (non-hydrogen) atoms. The smallest absolute Gasteiger partial charge is 0.185 e. The highest BCUT2D eigenvalue weighted by Crippen LogP contribution is 2.05. The Balaban J connectivity index is 2.25. The number of hydrogen-bond acceptors (Lipinski definition) is 3. The molecule has 5 heteroatoms. The molecule has 0 N–H and O–H groups in total. The number of pyridine rings is 1. The molecule has 0 aliphatic carbocycles. The van der Waals surface area contributed by atoms with Gasteiger partial charge >= 0.3 is 0 Å². The third kappa shape index (κ3) is 2.07. The first-order chi connectivity index (χ1) is 7.29. The van der Waals surface area contributed by atoms with E-state index in [4.69, 9.17) is 0 Å². The Bertz CT molecular complexity index is 481. The molecule has 4 nitrogen and oxygen atoms in total. The minimum Gasteiger partial charge on any atom is -0.324 e. The summed E-state index contributed by atoms with van der Waals surface area (Å²) in [6.45, 7) is 0.388. The van der Waals surface area contributed by atoms with Crippen molar-refractivity contribution in [2.75, 3.05) is 0 Å². The van der Waals surface area contributed by atoms with E-state index in [1.165, 1.54) is 12.3 Å². The average molecular weight is 205 g/mol. The summed E-state index contributed by atoms with van der Waals surface area (Å²) in [5.41, 5.74) is 0.691. The molecule has 0 fully saturated rings. The average Bonchev–Trinajstić information content (AvgIpc) is 2.65. The summed E-state index contributed by atoms with van der Waals surface area (Å²) in [5, 5.41) is 0. The van der Waals surface area contributed by atoms with Gasteiger partial charge in [0, 0.05) is 18.6 Å². The van der Waals surface area contributed by atoms with Crippen molar-refractivity contribution in [3.05, 3.63) is 48.1 Å². The number of halogens is 1. The Hall–Kier alpha value is -2.04. The molecule has 0 spiro atoms. The van der Waals surface area contributed by atoms with Crippen LogP contribution in [0.1, 0.15) is 16.2 Å². The van der Waals surface area contributed by atoms with Crippen LogP contribution >= 0.6 is 0 Å². The fourth-order valence-electron chi connectivity index (χ4n) is 1.31. The number of aldehydes is 1. The highest BCUT2D eigenvalue weighted by molar-refractivity contribution is 5.69. The summed E-state index contributed by atoms with van der Waals surface area (Å²) in [6.07, 6.45) is 6.54. The normalized spacial score (nSPS) is 10.2. The number of aromatic nitrogens is 3. The van der Waals surface area contributed by atoms with E-state index in [1.807, 2.05) is 0 Å². The first kappa shape index (κ1) is 9.51. The topological polar surface area (TPSA) is 47.8 Å². The van der Waals surface area contributed by atoms with Gasteiger partial charge in [-0.05, 0) is 11.6 Å². The van der Waals surface area contributed by atoms with Gasteiger partial charge in [-0.25, -0.2) is 9.37 Å². The van der Waals surface area contributed by atoms with Crippen molar-refractivity contribution < 1.29 is 9.18 Å². The summed E-state index contributed by atoms with van der Waals surface area (Å²) in [7, 11) is 0. The van der Waals surface area contributed by atoms with Crippen LogP contribution in [0, 0.1) is 5.82 Å². The first-order valence-corrected chi connectivity index (χ1v) is 4.35. The molecule has 0 aliphatic rings. The molecule has 2 aromatic rings. The summed E-state index contributed by atoms with van der Waals surface area (Å²) in [4.78, 5) is 18.1. The summed E-state index contributed by atoms with van der Waals surface area (Å²) in [5.74, 6) is -0.0699. The molecule has 0 aromatic carbocycles. The lowest BCUT2D eigenvalue weighted by atomic mass is 10.3. The van der Waals surface area contributed by atoms with Crippen LogP contribution in [0.25, 0.3) is 0 Å². The van der Waals surface area contributed by atoms with Crippen LogP contribution in [0.15, 0.2) is 30.9 Å². The zero-order valence-electron chi connectivity index (χ0n) is 7.80. The van der Waals surface area contributed by atoms with E-state index in [2.05, 4.69) is 9.97 Å². The zero-order valence-corrected chi connectivity index (χ0v) is 7.80. The molecule has 0 aliphatic heterocycles. The standard InChI is InChI=1S/C10H8FN3O/c11-9-3-8(4-12-5-9)6-14-2-1-13-10(14)7-15/h1-5,7H,6H2. The quantitative estimate of drug-likeness (QED) is 0.709. The minimum absolute atomic E-state index is 0.319. The van der Waals surface area contributed by atoms with Gasteiger partial charge in [-0.2, -0.15) is 0 Å². The zero-order chi connectivity index (χ0) is 10.7. The van der Waals surface area contributed by atoms with Crippen molar-refractivity contribution in [1.29, 1.82) is 0 Å². The maximum absolute atomic E-state index is 12.8. The number of nitrogens with zero attached hydrogens (tertiary/aromatic N) is 3. The lowest BCUT2D eigenvalue weighted by Crippen LogP contribution is -2.03. The van der Waals surface area contributed by atoms with Crippen molar-refractivity contribution >= 4 is 6.29 Å². The van der Waals surface area contributed by atoms with Gasteiger partial charge in [0.05, 0.1) is 12.7 Å². The van der Waals surface area contributed by atoms with E-state index in [1.54, 1.807) is 17.0 Å². The Kier molecular flexibility index (Phi) is 2.53. The van der Waals surface area contributed by atoms with Gasteiger partial charge < -0.3 is 4.57 Å². The third-order valence-corrected chi connectivity index (χ3v) is 1.97. The van der Waals surface area contributed by atoms with Crippen LogP contribution in [-0.4, -0.2) is 20.8 Å². The van der Waals surface area contributed by atoms with Gasteiger partial charge in [-0.15, -0.1) is 0 Å². The van der Waals surface area contributed by atoms with Crippen LogP contribution in [0.2, 0.25) is 0 Å². The number of carbonyl (C=O) groups is 1. The van der Waals surface area contributed by atoms with Gasteiger partial charge in [-0.1, -0.05) is 0 Å². The second kappa shape index (κ2) is 4.00. The highest BCUT2D eigenvalue weighted by atomic mass is 19.1. The lowest BCUT2D eigenvalue weighted by Gasteiger charge is -2.03. The van der Waals surface area contributed by atoms with Crippen molar-refractivity contribution in [3.63, 3.8) is 0 Å². The van der Waals surface area contributed by atoms with Crippen molar-refractivity contribution in [2.24, 2.45) is 0 Å². The molecule has 0 unspecified atom stereocenters. The Morgan fingerprint density at radius 2 is 2.33 bits per heavy atom. The van der Waals surface area contributed by atoms with Gasteiger partial charge in [0.1, 0.15) is 5.82 Å². The number of imidazole rings is 1. The Labute approximate surface area is 85.4 Å². The summed E-state index contributed by atoms with van der Waals surface area (Å²) in [6, 6.07) is 1.38. The molecular weight excluding hydrogens is 197 g/mol. The molecule has 2 heterocycles. The van der Waals surface area contributed by atoms with Crippen molar-refractivity contribution in [3.8, 4) is 0 Å². The van der Waals surface area contributed by atoms with Crippen LogP contribution in [-0.2, 0) is 6.54 Å². The van der Waals surface area contributed by atoms with E-state index >= 15 is 0 Å². The van der Waals surface area contributed by atoms with Crippen molar-refractivity contribution in [2.45, 2.75) is 6.54 Å². The minimum atomic E-state index is -0.389. The van der Waals surface area contributed by atoms with Gasteiger partial charge in [0.15, 0.2) is 12.1 Å². The van der Waals surface area contributed by atoms with E-state index < -0.39 is 0 Å². The van der Waals surface area contributed by atoms with Gasteiger partial charge in [0.25, 0.3) is 0 Å². The van der Waals surface area contributed by atoms with E-state index in [0.717, 1.165) is 6.20 Å².